The Balaban J connectivity index is 1.34. The van der Waals surface area contributed by atoms with Crippen LogP contribution in [-0.2, 0) is 9.53 Å². The van der Waals surface area contributed by atoms with Crippen molar-refractivity contribution in [1.29, 1.82) is 0 Å². The Morgan fingerprint density at radius 1 is 0.586 bits per heavy atom. The third kappa shape index (κ3) is 7.72. The van der Waals surface area contributed by atoms with Crippen LogP contribution in [0.2, 0.25) is 0 Å². The molecule has 0 radical (unpaired) electrons. The quantitative estimate of drug-likeness (QED) is 0.0885. The van der Waals surface area contributed by atoms with Gasteiger partial charge in [-0.25, -0.2) is 4.42 Å². The Labute approximate surface area is 352 Å². The van der Waals surface area contributed by atoms with Crippen molar-refractivity contribution >= 4 is 55.2 Å². The van der Waals surface area contributed by atoms with Crippen LogP contribution in [-0.4, -0.2) is 48.4 Å². The summed E-state index contributed by atoms with van der Waals surface area (Å²) in [7, 11) is 9.37. The van der Waals surface area contributed by atoms with Gasteiger partial charge in [0.15, 0.2) is 5.78 Å². The first-order chi connectivity index (χ1) is 28.1. The molecule has 2 heterocycles. The lowest BCUT2D eigenvalue weighted by molar-refractivity contribution is -0.300. The minimum atomic E-state index is -0.411. The van der Waals surface area contributed by atoms with Gasteiger partial charge in [0, 0.05) is 16.7 Å². The zero-order valence-electron chi connectivity index (χ0n) is 32.2. The molecule has 0 unspecified atom stereocenters. The number of methoxy groups -OCH3 is 6. The average molecular weight is 909 g/mol. The summed E-state index contributed by atoms with van der Waals surface area (Å²) in [6.07, 6.45) is 6.65. The van der Waals surface area contributed by atoms with Crippen LogP contribution in [0.3, 0.4) is 0 Å². The molecular weight excluding hydrogens is 872 g/mol. The van der Waals surface area contributed by atoms with Gasteiger partial charge in [-0.15, -0.1) is 0 Å². The smallest absolute Gasteiger partial charge is 0.365 e. The summed E-state index contributed by atoms with van der Waals surface area (Å²) in [6, 6.07) is 25.5. The number of benzene rings is 4. The maximum atomic E-state index is 13.9. The van der Waals surface area contributed by atoms with Crippen LogP contribution < -0.4 is 33.5 Å². The Kier molecular flexibility index (Phi) is 11.8. The van der Waals surface area contributed by atoms with Gasteiger partial charge >= 0.3 is 11.5 Å². The lowest BCUT2D eigenvalue weighted by Gasteiger charge is -2.29. The fourth-order valence-electron chi connectivity index (χ4n) is 6.51. The zero-order valence-corrected chi connectivity index (χ0v) is 35.4. The maximum Gasteiger partial charge on any atom is 0.365 e. The predicted octanol–water partition coefficient (Wildman–Crippen LogP) is 10.1. The molecule has 0 amide bonds. The van der Waals surface area contributed by atoms with Gasteiger partial charge in [-0.05, 0) is 116 Å². The highest BCUT2D eigenvalue weighted by Gasteiger charge is 2.29. The van der Waals surface area contributed by atoms with Crippen molar-refractivity contribution in [3.05, 3.63) is 151 Å². The molecule has 12 heteroatoms. The van der Waals surface area contributed by atoms with Crippen LogP contribution in [0.5, 0.6) is 34.5 Å². The number of halogens is 2. The highest BCUT2D eigenvalue weighted by molar-refractivity contribution is 9.11. The van der Waals surface area contributed by atoms with Gasteiger partial charge < -0.3 is 38.3 Å². The van der Waals surface area contributed by atoms with E-state index in [1.165, 1.54) is 0 Å². The van der Waals surface area contributed by atoms with Crippen molar-refractivity contribution < 1.29 is 47.5 Å². The number of allylic oxidation sites excluding steroid dienone is 6. The summed E-state index contributed by atoms with van der Waals surface area (Å²) >= 11 is 7.05. The molecular formula is C46H36Br2O10. The van der Waals surface area contributed by atoms with E-state index in [0.717, 1.165) is 0 Å². The highest BCUT2D eigenvalue weighted by atomic mass is 79.9. The van der Waals surface area contributed by atoms with Crippen molar-refractivity contribution in [2.24, 2.45) is 0 Å². The SMILES string of the molecule is COc1ccccc1C1=CC(=CC2=C([O-])C(=Cc3cc(-c4cc(OC)c(Br)c(OC)c4)[o+]c(-c4ccccc4OC)c3)C2=O)C=C(c2cc(OC)c(Br)c(OC)c2)O1. The molecule has 1 aromatic heterocycles. The van der Waals surface area contributed by atoms with Crippen LogP contribution in [0.25, 0.3) is 40.2 Å². The molecule has 10 nitrogen and oxygen atoms in total. The van der Waals surface area contributed by atoms with Crippen molar-refractivity contribution in [3.63, 3.8) is 0 Å². The molecule has 0 saturated heterocycles. The number of hydrogen-bond donors (Lipinski definition) is 0. The summed E-state index contributed by atoms with van der Waals surface area (Å²) in [5.74, 6) is 4.19. The van der Waals surface area contributed by atoms with Gasteiger partial charge in [0.25, 0.3) is 0 Å². The Morgan fingerprint density at radius 3 is 1.62 bits per heavy atom. The molecule has 7 rings (SSSR count). The molecule has 0 spiro atoms. The van der Waals surface area contributed by atoms with E-state index in [4.69, 9.17) is 37.6 Å². The zero-order chi connectivity index (χ0) is 41.1. The fourth-order valence-corrected chi connectivity index (χ4v) is 7.61. The standard InChI is InChI=1S/C46H36Br2O10/c1-51-33-13-9-7-11-29(33)37-19-25(17-35(57-37)27-21-39(53-3)43(47)40(22-27)54-4)15-31-45(49)32(46(31)50)16-26-18-36(28-23-41(55-5)44(48)42(24-28)56-6)58-38(20-26)30-12-8-10-14-34(30)52-2/h7-24H,1-6H3. The number of hydrogen-bond acceptors (Lipinski definition) is 9. The number of carbonyl (C=O) groups excluding carboxylic acids is 1. The summed E-state index contributed by atoms with van der Waals surface area (Å²) < 4.78 is 47.8. The lowest BCUT2D eigenvalue weighted by Crippen LogP contribution is -2.29. The molecule has 5 aromatic rings. The molecule has 1 aliphatic carbocycles. The van der Waals surface area contributed by atoms with Crippen LogP contribution in [0.15, 0.2) is 139 Å². The first-order valence-electron chi connectivity index (χ1n) is 17.7. The lowest BCUT2D eigenvalue weighted by atomic mass is 9.85. The molecule has 1 aliphatic heterocycles. The third-order valence-electron chi connectivity index (χ3n) is 9.44. The summed E-state index contributed by atoms with van der Waals surface area (Å²) in [5.41, 5.74) is 3.77. The van der Waals surface area contributed by atoms with Crippen molar-refractivity contribution in [1.82, 2.24) is 0 Å². The Morgan fingerprint density at radius 2 is 1.07 bits per heavy atom. The van der Waals surface area contributed by atoms with E-state index in [9.17, 15) is 9.90 Å². The van der Waals surface area contributed by atoms with Gasteiger partial charge in [-0.2, -0.15) is 0 Å². The third-order valence-corrected chi connectivity index (χ3v) is 11.0. The fraction of sp³-hybridized carbons (Fsp3) is 0.130. The number of Topliss-reactive ketones (excluding diaryl/α,β-unsaturated/α-hetero) is 1. The highest BCUT2D eigenvalue weighted by Crippen LogP contribution is 2.44. The van der Waals surface area contributed by atoms with Gasteiger partial charge in [-0.3, -0.25) is 4.79 Å². The molecule has 0 saturated carbocycles. The largest absolute Gasteiger partial charge is 0.871 e. The van der Waals surface area contributed by atoms with Crippen LogP contribution >= 0.6 is 31.9 Å². The molecule has 58 heavy (non-hydrogen) atoms. The number of para-hydroxylation sites is 2. The van der Waals surface area contributed by atoms with Gasteiger partial charge in [-0.1, -0.05) is 30.0 Å². The van der Waals surface area contributed by atoms with E-state index < -0.39 is 11.5 Å². The minimum Gasteiger partial charge on any atom is -0.871 e. The number of carbonyl (C=O) groups is 1. The minimum absolute atomic E-state index is 0.0218. The molecule has 0 bridgehead atoms. The van der Waals surface area contributed by atoms with Gasteiger partial charge in [0.2, 0.25) is 0 Å². The van der Waals surface area contributed by atoms with E-state index in [0.29, 0.717) is 99.9 Å². The molecule has 294 valence electrons. The van der Waals surface area contributed by atoms with E-state index in [2.05, 4.69) is 31.9 Å². The van der Waals surface area contributed by atoms with E-state index in [1.807, 2.05) is 48.5 Å². The molecule has 0 N–H and O–H groups in total. The average Bonchev–Trinajstić information content (AvgIpc) is 3.27. The summed E-state index contributed by atoms with van der Waals surface area (Å²) in [4.78, 5) is 13.9. The van der Waals surface area contributed by atoms with Crippen molar-refractivity contribution in [2.75, 3.05) is 42.7 Å². The molecule has 0 fully saturated rings. The molecule has 2 aliphatic rings. The van der Waals surface area contributed by atoms with E-state index >= 15 is 0 Å². The second kappa shape index (κ2) is 17.1. The summed E-state index contributed by atoms with van der Waals surface area (Å²) in [6.45, 7) is 0. The maximum absolute atomic E-state index is 13.9. The Bertz CT molecular complexity index is 2570. The number of rotatable bonds is 12. The second-order valence-corrected chi connectivity index (χ2v) is 14.4. The summed E-state index contributed by atoms with van der Waals surface area (Å²) in [5, 5.41) is 13.9. The number of ketones is 1. The molecule has 4 aromatic carbocycles. The monoisotopic (exact) mass is 906 g/mol. The van der Waals surface area contributed by atoms with Crippen molar-refractivity contribution in [2.45, 2.75) is 0 Å². The van der Waals surface area contributed by atoms with E-state index in [1.54, 1.807) is 103 Å². The Hall–Kier alpha value is -6.24. The normalized spacial score (nSPS) is 15.0. The first-order valence-corrected chi connectivity index (χ1v) is 19.3. The van der Waals surface area contributed by atoms with Crippen LogP contribution in [0.1, 0.15) is 16.7 Å². The van der Waals surface area contributed by atoms with Crippen molar-refractivity contribution in [3.8, 4) is 57.1 Å². The topological polar surface area (TPSA) is 116 Å². The van der Waals surface area contributed by atoms with Crippen LogP contribution in [0, 0.1) is 0 Å². The second-order valence-electron chi connectivity index (χ2n) is 12.8. The van der Waals surface area contributed by atoms with Gasteiger partial charge in [0.05, 0.1) is 65.9 Å². The molecule has 0 atom stereocenters. The van der Waals surface area contributed by atoms with E-state index in [-0.39, 0.29) is 11.1 Å². The van der Waals surface area contributed by atoms with Crippen LogP contribution in [0.4, 0.5) is 0 Å². The van der Waals surface area contributed by atoms with Gasteiger partial charge in [0.1, 0.15) is 60.5 Å². The number of ether oxygens (including phenoxy) is 7. The predicted molar refractivity (Wildman–Crippen MR) is 227 cm³/mol. The first kappa shape index (κ1) is 40.0.